The minimum atomic E-state index is -4.61. The van der Waals surface area contributed by atoms with Gasteiger partial charge in [0.05, 0.1) is 5.56 Å². The van der Waals surface area contributed by atoms with E-state index in [-0.39, 0.29) is 15.8 Å². The smallest absolute Gasteiger partial charge is 0.420 e. The van der Waals surface area contributed by atoms with Crippen molar-refractivity contribution in [3.8, 4) is 11.5 Å². The topological polar surface area (TPSA) is 46.5 Å². The third-order valence-corrected chi connectivity index (χ3v) is 3.08. The fourth-order valence-electron chi connectivity index (χ4n) is 1.66. The van der Waals surface area contributed by atoms with Gasteiger partial charge in [-0.1, -0.05) is 28.1 Å². The lowest BCUT2D eigenvalue weighted by Gasteiger charge is -2.15. The normalized spacial score (nSPS) is 11.2. The molecule has 0 radical (unpaired) electrons. The average molecular weight is 361 g/mol. The predicted octanol–water partition coefficient (Wildman–Crippen LogP) is 4.96. The van der Waals surface area contributed by atoms with Gasteiger partial charge >= 0.3 is 12.1 Å². The maximum atomic E-state index is 13.0. The Hall–Kier alpha value is -2.02. The fourth-order valence-corrected chi connectivity index (χ4v) is 2.02. The molecule has 2 aromatic rings. The van der Waals surface area contributed by atoms with E-state index in [1.807, 2.05) is 0 Å². The van der Waals surface area contributed by atoms with E-state index in [1.165, 1.54) is 30.3 Å². The summed E-state index contributed by atoms with van der Waals surface area (Å²) >= 11 is 2.96. The highest BCUT2D eigenvalue weighted by Crippen LogP contribution is 2.40. The number of ether oxygens (including phenoxy) is 1. The Balaban J connectivity index is 2.48. The summed E-state index contributed by atoms with van der Waals surface area (Å²) in [4.78, 5) is 11.0. The zero-order chi connectivity index (χ0) is 15.6. The molecule has 0 amide bonds. The zero-order valence-corrected chi connectivity index (χ0v) is 11.9. The van der Waals surface area contributed by atoms with Crippen LogP contribution in [0.25, 0.3) is 0 Å². The van der Waals surface area contributed by atoms with Crippen LogP contribution in [0, 0.1) is 0 Å². The molecule has 0 atom stereocenters. The first-order valence-electron chi connectivity index (χ1n) is 5.66. The third kappa shape index (κ3) is 3.55. The Labute approximate surface area is 126 Å². The van der Waals surface area contributed by atoms with Gasteiger partial charge in [0.25, 0.3) is 0 Å². The van der Waals surface area contributed by atoms with Crippen molar-refractivity contribution in [3.63, 3.8) is 0 Å². The van der Waals surface area contributed by atoms with Crippen LogP contribution in [0.1, 0.15) is 15.9 Å². The van der Waals surface area contributed by atoms with E-state index < -0.39 is 23.5 Å². The molecular formula is C14H8BrF3O3. The van der Waals surface area contributed by atoms with Crippen LogP contribution >= 0.6 is 15.9 Å². The lowest BCUT2D eigenvalue weighted by Crippen LogP contribution is -2.08. The summed E-state index contributed by atoms with van der Waals surface area (Å²) in [5.41, 5.74) is -1.20. The van der Waals surface area contributed by atoms with Crippen LogP contribution in [-0.2, 0) is 6.18 Å². The van der Waals surface area contributed by atoms with Crippen LogP contribution < -0.4 is 4.74 Å². The monoisotopic (exact) mass is 360 g/mol. The molecule has 0 fully saturated rings. The molecule has 2 rings (SSSR count). The lowest BCUT2D eigenvalue weighted by atomic mass is 10.1. The molecule has 0 bridgehead atoms. The largest absolute Gasteiger partial charge is 0.478 e. The molecular weight excluding hydrogens is 353 g/mol. The fraction of sp³-hybridized carbons (Fsp3) is 0.0714. The van der Waals surface area contributed by atoms with Gasteiger partial charge in [0, 0.05) is 4.47 Å². The maximum absolute atomic E-state index is 13.0. The summed E-state index contributed by atoms with van der Waals surface area (Å²) in [6.07, 6.45) is -4.61. The number of para-hydroxylation sites is 1. The molecule has 3 nitrogen and oxygen atoms in total. The second-order valence-electron chi connectivity index (χ2n) is 4.04. The lowest BCUT2D eigenvalue weighted by molar-refractivity contribution is -0.138. The number of aromatic carboxylic acids is 1. The van der Waals surface area contributed by atoms with Gasteiger partial charge in [0.2, 0.25) is 0 Å². The minimum Gasteiger partial charge on any atom is -0.478 e. The second kappa shape index (κ2) is 5.77. The molecule has 0 aliphatic rings. The first-order chi connectivity index (χ1) is 9.79. The number of benzene rings is 2. The van der Waals surface area contributed by atoms with Crippen molar-refractivity contribution >= 4 is 21.9 Å². The van der Waals surface area contributed by atoms with Crippen molar-refractivity contribution in [2.24, 2.45) is 0 Å². The highest BCUT2D eigenvalue weighted by Gasteiger charge is 2.35. The Morgan fingerprint density at radius 2 is 1.76 bits per heavy atom. The number of hydrogen-bond donors (Lipinski definition) is 1. The van der Waals surface area contributed by atoms with Crippen molar-refractivity contribution in [2.45, 2.75) is 6.18 Å². The minimum absolute atomic E-state index is 0.155. The summed E-state index contributed by atoms with van der Waals surface area (Å²) < 4.78 is 44.3. The van der Waals surface area contributed by atoms with E-state index in [4.69, 9.17) is 9.84 Å². The molecule has 2 aromatic carbocycles. The number of hydrogen-bond acceptors (Lipinski definition) is 2. The molecule has 0 aliphatic heterocycles. The summed E-state index contributed by atoms with van der Waals surface area (Å²) in [7, 11) is 0. The van der Waals surface area contributed by atoms with Crippen LogP contribution in [0.4, 0.5) is 13.2 Å². The van der Waals surface area contributed by atoms with Crippen LogP contribution in [0.15, 0.2) is 46.9 Å². The van der Waals surface area contributed by atoms with E-state index in [2.05, 4.69) is 15.9 Å². The van der Waals surface area contributed by atoms with Crippen molar-refractivity contribution in [3.05, 3.63) is 58.1 Å². The van der Waals surface area contributed by atoms with Crippen molar-refractivity contribution in [1.29, 1.82) is 0 Å². The van der Waals surface area contributed by atoms with Crippen molar-refractivity contribution in [2.75, 3.05) is 0 Å². The summed E-state index contributed by atoms with van der Waals surface area (Å²) in [5, 5.41) is 9.01. The van der Waals surface area contributed by atoms with Crippen LogP contribution in [-0.4, -0.2) is 11.1 Å². The quantitative estimate of drug-likeness (QED) is 0.841. The third-order valence-electron chi connectivity index (χ3n) is 2.58. The molecule has 0 heterocycles. The van der Waals surface area contributed by atoms with Gasteiger partial charge in [-0.05, 0) is 30.3 Å². The second-order valence-corrected chi connectivity index (χ2v) is 4.96. The van der Waals surface area contributed by atoms with E-state index >= 15 is 0 Å². The molecule has 7 heteroatoms. The summed E-state index contributed by atoms with van der Waals surface area (Å²) in [6.45, 7) is 0. The molecule has 21 heavy (non-hydrogen) atoms. The number of halogens is 4. The van der Waals surface area contributed by atoms with E-state index in [9.17, 15) is 18.0 Å². The predicted molar refractivity (Wildman–Crippen MR) is 72.6 cm³/mol. The van der Waals surface area contributed by atoms with Gasteiger partial charge in [0.1, 0.15) is 17.1 Å². The number of carbonyl (C=O) groups is 1. The van der Waals surface area contributed by atoms with Crippen LogP contribution in [0.3, 0.4) is 0 Å². The van der Waals surface area contributed by atoms with Gasteiger partial charge < -0.3 is 9.84 Å². The Morgan fingerprint density at radius 1 is 1.10 bits per heavy atom. The molecule has 0 saturated heterocycles. The van der Waals surface area contributed by atoms with Crippen molar-refractivity contribution in [1.82, 2.24) is 0 Å². The van der Waals surface area contributed by atoms with Crippen molar-refractivity contribution < 1.29 is 27.8 Å². The zero-order valence-electron chi connectivity index (χ0n) is 10.3. The van der Waals surface area contributed by atoms with Crippen LogP contribution in [0.5, 0.6) is 11.5 Å². The number of alkyl halides is 3. The Bertz CT molecular complexity index is 683. The summed E-state index contributed by atoms with van der Waals surface area (Å²) in [6, 6.07) is 8.88. The summed E-state index contributed by atoms with van der Waals surface area (Å²) in [5.74, 6) is -1.89. The highest BCUT2D eigenvalue weighted by atomic mass is 79.9. The number of rotatable bonds is 3. The first kappa shape index (κ1) is 15.4. The average Bonchev–Trinajstić information content (AvgIpc) is 2.40. The van der Waals surface area contributed by atoms with Gasteiger partial charge in [-0.15, -0.1) is 0 Å². The van der Waals surface area contributed by atoms with E-state index in [0.717, 1.165) is 12.1 Å². The molecule has 1 N–H and O–H groups in total. The van der Waals surface area contributed by atoms with Gasteiger partial charge in [-0.2, -0.15) is 13.2 Å². The molecule has 0 aromatic heterocycles. The molecule has 0 unspecified atom stereocenters. The van der Waals surface area contributed by atoms with E-state index in [1.54, 1.807) is 0 Å². The Morgan fingerprint density at radius 3 is 2.38 bits per heavy atom. The molecule has 0 spiro atoms. The van der Waals surface area contributed by atoms with Gasteiger partial charge in [-0.25, -0.2) is 4.79 Å². The standard InChI is InChI=1S/C14H8BrF3O3/c15-8-5-6-12(10(7-8)14(16,17)18)21-11-4-2-1-3-9(11)13(19)20/h1-7H,(H,19,20). The molecule has 0 aliphatic carbocycles. The number of carboxylic acids is 1. The van der Waals surface area contributed by atoms with Gasteiger partial charge in [0.15, 0.2) is 0 Å². The van der Waals surface area contributed by atoms with Gasteiger partial charge in [-0.3, -0.25) is 0 Å². The molecule has 0 saturated carbocycles. The Kier molecular flexibility index (Phi) is 4.22. The maximum Gasteiger partial charge on any atom is 0.420 e. The number of carboxylic acid groups (broad SMARTS) is 1. The highest BCUT2D eigenvalue weighted by molar-refractivity contribution is 9.10. The first-order valence-corrected chi connectivity index (χ1v) is 6.45. The SMILES string of the molecule is O=C(O)c1ccccc1Oc1ccc(Br)cc1C(F)(F)F. The van der Waals surface area contributed by atoms with E-state index in [0.29, 0.717) is 0 Å². The van der Waals surface area contributed by atoms with Crippen LogP contribution in [0.2, 0.25) is 0 Å². The molecule has 110 valence electrons.